The Balaban J connectivity index is 1.60. The van der Waals surface area contributed by atoms with Crippen LogP contribution in [0.25, 0.3) is 0 Å². The highest BCUT2D eigenvalue weighted by Crippen LogP contribution is 2.65. The molecule has 0 unspecified atom stereocenters. The van der Waals surface area contributed by atoms with Crippen molar-refractivity contribution in [1.82, 2.24) is 0 Å². The molecular formula is C26H18ClNO4. The molecule has 32 heavy (non-hydrogen) atoms. The Morgan fingerprint density at radius 1 is 0.875 bits per heavy atom. The number of methoxy groups -OCH3 is 1. The lowest BCUT2D eigenvalue weighted by Crippen LogP contribution is -2.50. The van der Waals surface area contributed by atoms with E-state index < -0.39 is 22.7 Å². The Kier molecular flexibility index (Phi) is 3.93. The van der Waals surface area contributed by atoms with Gasteiger partial charge in [-0.2, -0.15) is 0 Å². The molecule has 7 rings (SSSR count). The fourth-order valence-electron chi connectivity index (χ4n) is 5.87. The van der Waals surface area contributed by atoms with E-state index in [1.165, 1.54) is 7.11 Å². The molecular weight excluding hydrogens is 426 g/mol. The minimum atomic E-state index is -1.16. The third-order valence-electron chi connectivity index (χ3n) is 7.06. The SMILES string of the molecule is COC(=O)c1ccccc1N1C(=O)[C@@H]2C3c4ccccc4C(Cl)(c4ccccc43)[C@H]2C1=O. The van der Waals surface area contributed by atoms with Crippen LogP contribution in [-0.4, -0.2) is 24.9 Å². The molecule has 1 aliphatic heterocycles. The van der Waals surface area contributed by atoms with Gasteiger partial charge in [0.2, 0.25) is 11.8 Å². The number of carbonyl (C=O) groups excluding carboxylic acids is 3. The Hall–Kier alpha value is -3.44. The zero-order valence-corrected chi connectivity index (χ0v) is 17.9. The van der Waals surface area contributed by atoms with E-state index in [2.05, 4.69) is 0 Å². The monoisotopic (exact) mass is 443 g/mol. The number of carbonyl (C=O) groups is 3. The average Bonchev–Trinajstić information content (AvgIpc) is 3.10. The number of hydrogen-bond acceptors (Lipinski definition) is 4. The highest BCUT2D eigenvalue weighted by atomic mass is 35.5. The molecule has 3 aromatic carbocycles. The number of nitrogens with zero attached hydrogens (tertiary/aromatic N) is 1. The molecule has 1 saturated heterocycles. The average molecular weight is 444 g/mol. The van der Waals surface area contributed by atoms with Gasteiger partial charge in [-0.15, -0.1) is 11.6 Å². The van der Waals surface area contributed by atoms with Gasteiger partial charge >= 0.3 is 5.97 Å². The van der Waals surface area contributed by atoms with Crippen LogP contribution in [0.3, 0.4) is 0 Å². The first kappa shape index (κ1) is 19.3. The minimum Gasteiger partial charge on any atom is -0.465 e. The van der Waals surface area contributed by atoms with Crippen LogP contribution in [-0.2, 0) is 19.2 Å². The summed E-state index contributed by atoms with van der Waals surface area (Å²) in [5.74, 6) is -3.02. The van der Waals surface area contributed by atoms with Crippen LogP contribution in [0.15, 0.2) is 72.8 Å². The summed E-state index contributed by atoms with van der Waals surface area (Å²) >= 11 is 7.41. The number of halogens is 1. The maximum Gasteiger partial charge on any atom is 0.339 e. The highest BCUT2D eigenvalue weighted by Gasteiger charge is 2.68. The van der Waals surface area contributed by atoms with E-state index in [0.29, 0.717) is 0 Å². The number of anilines is 1. The summed E-state index contributed by atoms with van der Waals surface area (Å²) in [5.41, 5.74) is 4.10. The summed E-state index contributed by atoms with van der Waals surface area (Å²) in [6, 6.07) is 22.1. The molecule has 0 N–H and O–H groups in total. The number of hydrogen-bond donors (Lipinski definition) is 0. The van der Waals surface area contributed by atoms with E-state index in [0.717, 1.165) is 27.2 Å². The van der Waals surface area contributed by atoms with Crippen molar-refractivity contribution in [3.63, 3.8) is 0 Å². The largest absolute Gasteiger partial charge is 0.465 e. The molecule has 2 amide bonds. The molecule has 3 aliphatic carbocycles. The van der Waals surface area contributed by atoms with E-state index in [4.69, 9.17) is 16.3 Å². The number of esters is 1. The Bertz CT molecular complexity index is 1290. The molecule has 3 aromatic rings. The topological polar surface area (TPSA) is 63.7 Å². The number of amides is 2. The first-order valence-corrected chi connectivity index (χ1v) is 10.8. The molecule has 0 aromatic heterocycles. The van der Waals surface area contributed by atoms with Crippen LogP contribution in [0.2, 0.25) is 0 Å². The normalized spacial score (nSPS) is 27.1. The Morgan fingerprint density at radius 3 is 2.06 bits per heavy atom. The van der Waals surface area contributed by atoms with Gasteiger partial charge in [0.25, 0.3) is 0 Å². The van der Waals surface area contributed by atoms with Crippen LogP contribution >= 0.6 is 11.6 Å². The van der Waals surface area contributed by atoms with Gasteiger partial charge in [0, 0.05) is 5.92 Å². The van der Waals surface area contributed by atoms with E-state index in [9.17, 15) is 14.4 Å². The third kappa shape index (κ3) is 2.16. The van der Waals surface area contributed by atoms with E-state index in [1.54, 1.807) is 24.3 Å². The molecule has 5 nitrogen and oxygen atoms in total. The van der Waals surface area contributed by atoms with Crippen molar-refractivity contribution in [1.29, 1.82) is 0 Å². The van der Waals surface area contributed by atoms with Crippen molar-refractivity contribution in [2.45, 2.75) is 10.8 Å². The van der Waals surface area contributed by atoms with Crippen LogP contribution in [0.4, 0.5) is 5.69 Å². The lowest BCUT2D eigenvalue weighted by molar-refractivity contribution is -0.122. The standard InChI is InChI=1S/C26H18ClNO4/c1-32-25(31)16-10-4-7-13-19(16)28-23(29)21-20-14-8-2-5-11-17(14)26(27,22(21)24(28)30)18-12-6-3-9-15(18)20/h2-13,20-22H,1H3/t20?,21-,22-,26?/m1/s1. The molecule has 0 spiro atoms. The predicted molar refractivity (Wildman–Crippen MR) is 119 cm³/mol. The number of alkyl halides is 1. The lowest BCUT2D eigenvalue weighted by atomic mass is 9.54. The second kappa shape index (κ2) is 6.53. The molecule has 6 heteroatoms. The van der Waals surface area contributed by atoms with Crippen molar-refractivity contribution < 1.29 is 19.1 Å². The number of imide groups is 1. The van der Waals surface area contributed by atoms with Crippen molar-refractivity contribution in [3.8, 4) is 0 Å². The maximum atomic E-state index is 13.9. The van der Waals surface area contributed by atoms with Gasteiger partial charge in [0.15, 0.2) is 0 Å². The van der Waals surface area contributed by atoms with Crippen LogP contribution in [0.5, 0.6) is 0 Å². The smallest absolute Gasteiger partial charge is 0.339 e. The van der Waals surface area contributed by atoms with E-state index in [-0.39, 0.29) is 29.0 Å². The van der Waals surface area contributed by atoms with E-state index in [1.807, 2.05) is 48.5 Å². The van der Waals surface area contributed by atoms with Crippen LogP contribution in [0, 0.1) is 11.8 Å². The fourth-order valence-corrected chi connectivity index (χ4v) is 6.44. The van der Waals surface area contributed by atoms with Gasteiger partial charge in [0.1, 0.15) is 4.87 Å². The zero-order valence-electron chi connectivity index (χ0n) is 17.1. The summed E-state index contributed by atoms with van der Waals surface area (Å²) < 4.78 is 4.89. The van der Waals surface area contributed by atoms with Gasteiger partial charge < -0.3 is 4.74 Å². The summed E-state index contributed by atoms with van der Waals surface area (Å²) in [6.07, 6.45) is 0. The summed E-state index contributed by atoms with van der Waals surface area (Å²) in [6.45, 7) is 0. The van der Waals surface area contributed by atoms with Gasteiger partial charge in [-0.1, -0.05) is 60.7 Å². The molecule has 0 saturated carbocycles. The molecule has 1 heterocycles. The number of rotatable bonds is 2. The quantitative estimate of drug-likeness (QED) is 0.338. The van der Waals surface area contributed by atoms with Crippen LogP contribution in [0.1, 0.15) is 38.5 Å². The van der Waals surface area contributed by atoms with Crippen molar-refractivity contribution in [3.05, 3.63) is 101 Å². The number of ether oxygens (including phenoxy) is 1. The molecule has 1 fully saturated rings. The van der Waals surface area contributed by atoms with Crippen molar-refractivity contribution in [2.75, 3.05) is 12.0 Å². The van der Waals surface area contributed by atoms with Gasteiger partial charge in [0.05, 0.1) is 30.2 Å². The molecule has 158 valence electrons. The predicted octanol–water partition coefficient (Wildman–Crippen LogP) is 4.22. The third-order valence-corrected chi connectivity index (χ3v) is 7.71. The second-order valence-electron chi connectivity index (χ2n) is 8.39. The molecule has 0 radical (unpaired) electrons. The summed E-state index contributed by atoms with van der Waals surface area (Å²) in [5, 5.41) is 0. The molecule has 2 bridgehead atoms. The van der Waals surface area contributed by atoms with E-state index >= 15 is 0 Å². The van der Waals surface area contributed by atoms with Gasteiger partial charge in [-0.25, -0.2) is 9.69 Å². The number of benzene rings is 3. The lowest BCUT2D eigenvalue weighted by Gasteiger charge is -2.50. The van der Waals surface area contributed by atoms with Gasteiger partial charge in [-0.3, -0.25) is 9.59 Å². The van der Waals surface area contributed by atoms with Crippen LogP contribution < -0.4 is 4.90 Å². The fraction of sp³-hybridized carbons (Fsp3) is 0.192. The zero-order chi connectivity index (χ0) is 22.2. The number of para-hydroxylation sites is 1. The Labute approximate surface area is 189 Å². The van der Waals surface area contributed by atoms with Crippen molar-refractivity contribution in [2.24, 2.45) is 11.8 Å². The van der Waals surface area contributed by atoms with Crippen molar-refractivity contribution >= 4 is 35.1 Å². The maximum absolute atomic E-state index is 13.9. The minimum absolute atomic E-state index is 0.168. The summed E-state index contributed by atoms with van der Waals surface area (Å²) in [4.78, 5) is 40.1. The molecule has 2 atom stereocenters. The van der Waals surface area contributed by atoms with Gasteiger partial charge in [-0.05, 0) is 34.4 Å². The summed E-state index contributed by atoms with van der Waals surface area (Å²) in [7, 11) is 1.27. The second-order valence-corrected chi connectivity index (χ2v) is 8.98. The highest BCUT2D eigenvalue weighted by molar-refractivity contribution is 6.34. The first-order chi connectivity index (χ1) is 15.5. The first-order valence-electron chi connectivity index (χ1n) is 10.4. The molecule has 4 aliphatic rings. The Morgan fingerprint density at radius 2 is 1.44 bits per heavy atom.